The standard InChI is InChI=1S/C11H18ClN3O3/c1-17-6-8(16)3-4-13-10-5-9(12)14-11(15-10)7-18-2/h5,8,16H,3-4,6-7H2,1-2H3,(H,13,14,15). The van der Waals surface area contributed by atoms with Crippen LogP contribution in [0, 0.1) is 0 Å². The summed E-state index contributed by atoms with van der Waals surface area (Å²) in [5.74, 6) is 1.14. The molecule has 0 aromatic carbocycles. The highest BCUT2D eigenvalue weighted by atomic mass is 35.5. The summed E-state index contributed by atoms with van der Waals surface area (Å²) < 4.78 is 9.78. The highest BCUT2D eigenvalue weighted by Crippen LogP contribution is 2.12. The Morgan fingerprint density at radius 1 is 1.39 bits per heavy atom. The van der Waals surface area contributed by atoms with Crippen molar-refractivity contribution in [1.82, 2.24) is 9.97 Å². The van der Waals surface area contributed by atoms with Crippen LogP contribution in [0.25, 0.3) is 0 Å². The first kappa shape index (κ1) is 15.1. The van der Waals surface area contributed by atoms with Gasteiger partial charge in [0.05, 0.1) is 12.7 Å². The molecule has 2 N–H and O–H groups in total. The number of hydrogen-bond acceptors (Lipinski definition) is 6. The lowest BCUT2D eigenvalue weighted by Crippen LogP contribution is -2.18. The molecule has 0 radical (unpaired) electrons. The molecule has 1 unspecified atom stereocenters. The van der Waals surface area contributed by atoms with Gasteiger partial charge in [-0.2, -0.15) is 0 Å². The van der Waals surface area contributed by atoms with Gasteiger partial charge in [0.25, 0.3) is 0 Å². The average molecular weight is 276 g/mol. The number of rotatable bonds is 8. The number of aromatic nitrogens is 2. The topological polar surface area (TPSA) is 76.5 Å². The van der Waals surface area contributed by atoms with E-state index in [1.165, 1.54) is 0 Å². The van der Waals surface area contributed by atoms with Crippen LogP contribution in [0.2, 0.25) is 5.15 Å². The van der Waals surface area contributed by atoms with E-state index in [0.29, 0.717) is 43.0 Å². The van der Waals surface area contributed by atoms with Gasteiger partial charge in [0, 0.05) is 26.8 Å². The van der Waals surface area contributed by atoms with E-state index in [0.717, 1.165) is 0 Å². The highest BCUT2D eigenvalue weighted by molar-refractivity contribution is 6.29. The zero-order valence-corrected chi connectivity index (χ0v) is 11.3. The normalized spacial score (nSPS) is 12.4. The van der Waals surface area contributed by atoms with Crippen LogP contribution in [-0.4, -0.2) is 48.5 Å². The second-order valence-electron chi connectivity index (χ2n) is 3.75. The van der Waals surface area contributed by atoms with Crippen LogP contribution in [0.1, 0.15) is 12.2 Å². The Labute approximate surface area is 111 Å². The van der Waals surface area contributed by atoms with Gasteiger partial charge in [-0.15, -0.1) is 0 Å². The van der Waals surface area contributed by atoms with Crippen LogP contribution in [0.4, 0.5) is 5.82 Å². The summed E-state index contributed by atoms with van der Waals surface area (Å²) in [6.45, 7) is 1.20. The number of nitrogens with zero attached hydrogens (tertiary/aromatic N) is 2. The smallest absolute Gasteiger partial charge is 0.158 e. The minimum atomic E-state index is -0.488. The Morgan fingerprint density at radius 2 is 2.17 bits per heavy atom. The molecule has 7 heteroatoms. The predicted molar refractivity (Wildman–Crippen MR) is 68.7 cm³/mol. The maximum Gasteiger partial charge on any atom is 0.158 e. The van der Waals surface area contributed by atoms with Gasteiger partial charge < -0.3 is 19.9 Å². The van der Waals surface area contributed by atoms with E-state index in [9.17, 15) is 5.11 Å². The Morgan fingerprint density at radius 3 is 2.83 bits per heavy atom. The van der Waals surface area contributed by atoms with Crippen molar-refractivity contribution in [3.05, 3.63) is 17.0 Å². The second kappa shape index (κ2) is 8.20. The van der Waals surface area contributed by atoms with E-state index in [-0.39, 0.29) is 0 Å². The molecule has 0 saturated heterocycles. The summed E-state index contributed by atoms with van der Waals surface area (Å²) >= 11 is 5.86. The van der Waals surface area contributed by atoms with E-state index < -0.39 is 6.10 Å². The van der Waals surface area contributed by atoms with Crippen molar-refractivity contribution < 1.29 is 14.6 Å². The minimum Gasteiger partial charge on any atom is -0.391 e. The Bertz CT molecular complexity index is 365. The molecule has 0 fully saturated rings. The molecule has 1 aromatic heterocycles. The molecule has 0 spiro atoms. The van der Waals surface area contributed by atoms with Crippen molar-refractivity contribution in [3.8, 4) is 0 Å². The maximum absolute atomic E-state index is 9.48. The largest absolute Gasteiger partial charge is 0.391 e. The van der Waals surface area contributed by atoms with Crippen LogP contribution in [0.3, 0.4) is 0 Å². The molecule has 18 heavy (non-hydrogen) atoms. The van der Waals surface area contributed by atoms with Crippen LogP contribution >= 0.6 is 11.6 Å². The third kappa shape index (κ3) is 5.59. The van der Waals surface area contributed by atoms with Gasteiger partial charge >= 0.3 is 0 Å². The summed E-state index contributed by atoms with van der Waals surface area (Å²) in [4.78, 5) is 8.24. The molecule has 0 saturated carbocycles. The molecule has 1 atom stereocenters. The zero-order chi connectivity index (χ0) is 13.4. The lowest BCUT2D eigenvalue weighted by molar-refractivity contribution is 0.0615. The summed E-state index contributed by atoms with van der Waals surface area (Å²) in [6.07, 6.45) is 0.0768. The van der Waals surface area contributed by atoms with Gasteiger partial charge in [0.15, 0.2) is 5.82 Å². The molecule has 0 amide bonds. The number of ether oxygens (including phenoxy) is 2. The molecule has 1 aromatic rings. The number of anilines is 1. The number of hydrogen-bond donors (Lipinski definition) is 2. The number of methoxy groups -OCH3 is 2. The van der Waals surface area contributed by atoms with Gasteiger partial charge in [0.2, 0.25) is 0 Å². The predicted octanol–water partition coefficient (Wildman–Crippen LogP) is 1.09. The van der Waals surface area contributed by atoms with Crippen molar-refractivity contribution in [2.75, 3.05) is 32.7 Å². The quantitative estimate of drug-likeness (QED) is 0.692. The van der Waals surface area contributed by atoms with E-state index >= 15 is 0 Å². The van der Waals surface area contributed by atoms with Gasteiger partial charge in [-0.1, -0.05) is 11.6 Å². The van der Waals surface area contributed by atoms with E-state index in [4.69, 9.17) is 21.1 Å². The van der Waals surface area contributed by atoms with E-state index in [1.54, 1.807) is 20.3 Å². The fraction of sp³-hybridized carbons (Fsp3) is 0.636. The first-order valence-electron chi connectivity index (χ1n) is 5.59. The first-order valence-corrected chi connectivity index (χ1v) is 5.96. The number of nitrogens with one attached hydrogen (secondary N) is 1. The number of aliphatic hydroxyl groups excluding tert-OH is 1. The van der Waals surface area contributed by atoms with Crippen LogP contribution < -0.4 is 5.32 Å². The summed E-state index contributed by atoms with van der Waals surface area (Å²) in [7, 11) is 3.12. The molecular formula is C11H18ClN3O3. The van der Waals surface area contributed by atoms with E-state index in [1.807, 2.05) is 0 Å². The van der Waals surface area contributed by atoms with Crippen LogP contribution in [0.15, 0.2) is 6.07 Å². The van der Waals surface area contributed by atoms with Crippen molar-refractivity contribution in [2.45, 2.75) is 19.1 Å². The number of halogens is 1. The van der Waals surface area contributed by atoms with Crippen LogP contribution in [-0.2, 0) is 16.1 Å². The Kier molecular flexibility index (Phi) is 6.89. The summed E-state index contributed by atoms with van der Waals surface area (Å²) in [6, 6.07) is 1.63. The average Bonchev–Trinajstić information content (AvgIpc) is 2.29. The lowest BCUT2D eigenvalue weighted by Gasteiger charge is -2.11. The molecule has 1 rings (SSSR count). The molecule has 0 aliphatic carbocycles. The van der Waals surface area contributed by atoms with E-state index in [2.05, 4.69) is 15.3 Å². The van der Waals surface area contributed by atoms with Gasteiger partial charge in [-0.3, -0.25) is 0 Å². The molecule has 0 aliphatic rings. The van der Waals surface area contributed by atoms with Gasteiger partial charge in [0.1, 0.15) is 17.6 Å². The highest BCUT2D eigenvalue weighted by Gasteiger charge is 2.05. The van der Waals surface area contributed by atoms with Gasteiger partial charge in [-0.25, -0.2) is 9.97 Å². The zero-order valence-electron chi connectivity index (χ0n) is 10.5. The minimum absolute atomic E-state index is 0.307. The lowest BCUT2D eigenvalue weighted by atomic mass is 10.2. The van der Waals surface area contributed by atoms with Crippen molar-refractivity contribution in [1.29, 1.82) is 0 Å². The van der Waals surface area contributed by atoms with Crippen molar-refractivity contribution in [2.24, 2.45) is 0 Å². The van der Waals surface area contributed by atoms with Crippen LogP contribution in [0.5, 0.6) is 0 Å². The third-order valence-electron chi connectivity index (χ3n) is 2.16. The molecule has 102 valence electrons. The van der Waals surface area contributed by atoms with Gasteiger partial charge in [-0.05, 0) is 6.42 Å². The van der Waals surface area contributed by atoms with Crippen molar-refractivity contribution in [3.63, 3.8) is 0 Å². The molecule has 0 bridgehead atoms. The summed E-state index contributed by atoms with van der Waals surface area (Å²) in [5.41, 5.74) is 0. The molecule has 6 nitrogen and oxygen atoms in total. The monoisotopic (exact) mass is 275 g/mol. The molecule has 1 heterocycles. The fourth-order valence-corrected chi connectivity index (χ4v) is 1.59. The summed E-state index contributed by atoms with van der Waals surface area (Å²) in [5, 5.41) is 12.9. The third-order valence-corrected chi connectivity index (χ3v) is 2.35. The second-order valence-corrected chi connectivity index (χ2v) is 4.14. The Hall–Kier alpha value is -0.950. The Balaban J connectivity index is 2.46. The van der Waals surface area contributed by atoms with Crippen molar-refractivity contribution >= 4 is 17.4 Å². The fourth-order valence-electron chi connectivity index (χ4n) is 1.39. The maximum atomic E-state index is 9.48. The number of aliphatic hydroxyl groups is 1. The first-order chi connectivity index (χ1) is 8.65. The molecular weight excluding hydrogens is 258 g/mol. The molecule has 0 aliphatic heterocycles. The SMILES string of the molecule is COCc1nc(Cl)cc(NCCC(O)COC)n1.